The van der Waals surface area contributed by atoms with E-state index in [0.29, 0.717) is 13.1 Å². The van der Waals surface area contributed by atoms with Gasteiger partial charge in [0.05, 0.1) is 24.5 Å². The van der Waals surface area contributed by atoms with Crippen molar-refractivity contribution >= 4 is 18.4 Å². The molecule has 136 valence electrons. The van der Waals surface area contributed by atoms with Crippen molar-refractivity contribution in [2.45, 2.75) is 26.9 Å². The predicted octanol–water partition coefficient (Wildman–Crippen LogP) is 3.91. The highest BCUT2D eigenvalue weighted by atomic mass is 15.0. The lowest BCUT2D eigenvalue weighted by atomic mass is 10.2. The second kappa shape index (κ2) is 8.85. The summed E-state index contributed by atoms with van der Waals surface area (Å²) in [6.45, 7) is 5.03. The first kappa shape index (κ1) is 18.5. The first-order chi connectivity index (χ1) is 13.1. The van der Waals surface area contributed by atoms with Crippen LogP contribution >= 0.6 is 0 Å². The van der Waals surface area contributed by atoms with Gasteiger partial charge in [0.1, 0.15) is 0 Å². The maximum absolute atomic E-state index is 5.83. The second-order valence-corrected chi connectivity index (χ2v) is 6.47. The van der Waals surface area contributed by atoms with Crippen molar-refractivity contribution in [3.8, 4) is 0 Å². The molecule has 0 unspecified atom stereocenters. The standard InChI is InChI=1S/C22H23N5/c1-16-3-7-18(8-4-16)12-24-14-20-11-21(27-22(23)26-20)15-25-13-19-9-5-17(2)6-10-19/h3-13H,14-15H2,1-2H3,(H2,23,26,27). The Hall–Kier alpha value is -3.34. The number of anilines is 1. The summed E-state index contributed by atoms with van der Waals surface area (Å²) in [5.41, 5.74) is 12.0. The van der Waals surface area contributed by atoms with Crippen molar-refractivity contribution in [3.63, 3.8) is 0 Å². The van der Waals surface area contributed by atoms with E-state index in [-0.39, 0.29) is 5.95 Å². The highest BCUT2D eigenvalue weighted by molar-refractivity contribution is 5.80. The van der Waals surface area contributed by atoms with Gasteiger partial charge in [-0.2, -0.15) is 0 Å². The van der Waals surface area contributed by atoms with Crippen molar-refractivity contribution in [1.29, 1.82) is 0 Å². The molecule has 0 aliphatic carbocycles. The van der Waals surface area contributed by atoms with E-state index in [9.17, 15) is 0 Å². The molecule has 0 aliphatic heterocycles. The molecule has 0 aliphatic rings. The summed E-state index contributed by atoms with van der Waals surface area (Å²) in [6.07, 6.45) is 3.68. The minimum absolute atomic E-state index is 0.249. The monoisotopic (exact) mass is 357 g/mol. The molecule has 0 amide bonds. The summed E-state index contributed by atoms with van der Waals surface area (Å²) in [4.78, 5) is 17.4. The molecule has 0 saturated heterocycles. The third-order valence-electron chi connectivity index (χ3n) is 3.99. The van der Waals surface area contributed by atoms with Crippen LogP contribution in [0.15, 0.2) is 64.6 Å². The van der Waals surface area contributed by atoms with Crippen LogP contribution in [0.5, 0.6) is 0 Å². The molecular formula is C22H23N5. The molecule has 2 N–H and O–H groups in total. The SMILES string of the molecule is Cc1ccc(C=NCc2cc(CN=Cc3ccc(C)cc3)nc(N)n2)cc1. The molecule has 1 aromatic heterocycles. The zero-order valence-electron chi connectivity index (χ0n) is 15.6. The van der Waals surface area contributed by atoms with E-state index in [1.807, 2.05) is 42.8 Å². The van der Waals surface area contributed by atoms with E-state index in [1.54, 1.807) is 0 Å². The van der Waals surface area contributed by atoms with Crippen LogP contribution in [0.1, 0.15) is 33.6 Å². The van der Waals surface area contributed by atoms with Gasteiger partial charge in [-0.25, -0.2) is 9.97 Å². The third kappa shape index (κ3) is 5.85. The van der Waals surface area contributed by atoms with Gasteiger partial charge in [0.25, 0.3) is 0 Å². The maximum atomic E-state index is 5.83. The molecule has 0 bridgehead atoms. The number of aryl methyl sites for hydroxylation is 2. The van der Waals surface area contributed by atoms with Crippen molar-refractivity contribution in [3.05, 3.63) is 88.2 Å². The number of nitrogens with zero attached hydrogens (tertiary/aromatic N) is 4. The van der Waals surface area contributed by atoms with Gasteiger partial charge in [-0.15, -0.1) is 0 Å². The topological polar surface area (TPSA) is 76.5 Å². The van der Waals surface area contributed by atoms with Crippen LogP contribution in [0.25, 0.3) is 0 Å². The quantitative estimate of drug-likeness (QED) is 0.679. The lowest BCUT2D eigenvalue weighted by Crippen LogP contribution is -2.02. The zero-order valence-corrected chi connectivity index (χ0v) is 15.6. The normalized spacial score (nSPS) is 11.5. The van der Waals surface area contributed by atoms with Gasteiger partial charge >= 0.3 is 0 Å². The molecular weight excluding hydrogens is 334 g/mol. The summed E-state index contributed by atoms with van der Waals surface area (Å²) in [7, 11) is 0. The molecule has 0 radical (unpaired) electrons. The summed E-state index contributed by atoms with van der Waals surface area (Å²) in [6, 6.07) is 18.3. The highest BCUT2D eigenvalue weighted by Crippen LogP contribution is 2.07. The molecule has 2 aromatic carbocycles. The number of aliphatic imine (C=N–C) groups is 2. The molecule has 27 heavy (non-hydrogen) atoms. The smallest absolute Gasteiger partial charge is 0.220 e. The summed E-state index contributed by atoms with van der Waals surface area (Å²) < 4.78 is 0. The van der Waals surface area contributed by atoms with Crippen molar-refractivity contribution in [2.24, 2.45) is 9.98 Å². The van der Waals surface area contributed by atoms with Gasteiger partial charge in [0.15, 0.2) is 0 Å². The minimum Gasteiger partial charge on any atom is -0.368 e. The third-order valence-corrected chi connectivity index (χ3v) is 3.99. The van der Waals surface area contributed by atoms with Crippen LogP contribution in [0.3, 0.4) is 0 Å². The number of nitrogen functional groups attached to an aromatic ring is 1. The van der Waals surface area contributed by atoms with Gasteiger partial charge in [0.2, 0.25) is 5.95 Å². The second-order valence-electron chi connectivity index (χ2n) is 6.47. The molecule has 5 nitrogen and oxygen atoms in total. The van der Waals surface area contributed by atoms with Gasteiger partial charge in [-0.3, -0.25) is 9.98 Å². The van der Waals surface area contributed by atoms with Gasteiger partial charge in [-0.05, 0) is 31.0 Å². The number of hydrogen-bond donors (Lipinski definition) is 1. The fraction of sp³-hybridized carbons (Fsp3) is 0.182. The Morgan fingerprint density at radius 1 is 0.741 bits per heavy atom. The Morgan fingerprint density at radius 2 is 1.15 bits per heavy atom. The van der Waals surface area contributed by atoms with Gasteiger partial charge in [0, 0.05) is 12.4 Å². The van der Waals surface area contributed by atoms with E-state index in [0.717, 1.165) is 22.5 Å². The average molecular weight is 357 g/mol. The molecule has 3 rings (SSSR count). The Kier molecular flexibility index (Phi) is 6.05. The van der Waals surface area contributed by atoms with E-state index < -0.39 is 0 Å². The lowest BCUT2D eigenvalue weighted by Gasteiger charge is -2.02. The van der Waals surface area contributed by atoms with Crippen LogP contribution in [0, 0.1) is 13.8 Å². The maximum Gasteiger partial charge on any atom is 0.220 e. The van der Waals surface area contributed by atoms with Crippen LogP contribution < -0.4 is 5.73 Å². The first-order valence-corrected chi connectivity index (χ1v) is 8.84. The van der Waals surface area contributed by atoms with E-state index in [4.69, 9.17) is 5.73 Å². The van der Waals surface area contributed by atoms with Crippen LogP contribution in [0.2, 0.25) is 0 Å². The molecule has 3 aromatic rings. The molecule has 0 spiro atoms. The lowest BCUT2D eigenvalue weighted by molar-refractivity contribution is 0.918. The fourth-order valence-corrected chi connectivity index (χ4v) is 2.53. The summed E-state index contributed by atoms with van der Waals surface area (Å²) in [5, 5.41) is 0. The van der Waals surface area contributed by atoms with Crippen LogP contribution in [-0.2, 0) is 13.1 Å². The molecule has 0 saturated carbocycles. The largest absolute Gasteiger partial charge is 0.368 e. The van der Waals surface area contributed by atoms with Crippen molar-refractivity contribution in [2.75, 3.05) is 5.73 Å². The Balaban J connectivity index is 1.63. The highest BCUT2D eigenvalue weighted by Gasteiger charge is 2.01. The summed E-state index contributed by atoms with van der Waals surface area (Å²) in [5.74, 6) is 0.249. The van der Waals surface area contributed by atoms with E-state index in [1.165, 1.54) is 11.1 Å². The fourth-order valence-electron chi connectivity index (χ4n) is 2.53. The van der Waals surface area contributed by atoms with Gasteiger partial charge < -0.3 is 5.73 Å². The number of aromatic nitrogens is 2. The number of hydrogen-bond acceptors (Lipinski definition) is 5. The Morgan fingerprint density at radius 3 is 1.56 bits per heavy atom. The van der Waals surface area contributed by atoms with Crippen molar-refractivity contribution < 1.29 is 0 Å². The average Bonchev–Trinajstić information content (AvgIpc) is 2.65. The molecule has 0 fully saturated rings. The Bertz CT molecular complexity index is 866. The zero-order chi connectivity index (χ0) is 19.1. The predicted molar refractivity (Wildman–Crippen MR) is 111 cm³/mol. The number of nitrogens with two attached hydrogens (primary N) is 1. The summed E-state index contributed by atoms with van der Waals surface area (Å²) >= 11 is 0. The van der Waals surface area contributed by atoms with E-state index in [2.05, 4.69) is 58.1 Å². The molecule has 1 heterocycles. The minimum atomic E-state index is 0.249. The van der Waals surface area contributed by atoms with Crippen molar-refractivity contribution in [1.82, 2.24) is 9.97 Å². The molecule has 0 atom stereocenters. The van der Waals surface area contributed by atoms with Crippen LogP contribution in [0.4, 0.5) is 5.95 Å². The number of rotatable bonds is 6. The van der Waals surface area contributed by atoms with Gasteiger partial charge in [-0.1, -0.05) is 59.7 Å². The Labute approximate surface area is 159 Å². The number of benzene rings is 2. The molecule has 5 heteroatoms. The van der Waals surface area contributed by atoms with E-state index >= 15 is 0 Å². The van der Waals surface area contributed by atoms with Crippen LogP contribution in [-0.4, -0.2) is 22.4 Å². The first-order valence-electron chi connectivity index (χ1n) is 8.84.